The van der Waals surface area contributed by atoms with E-state index >= 15 is 0 Å². The van der Waals surface area contributed by atoms with Gasteiger partial charge in [0.1, 0.15) is 0 Å². The van der Waals surface area contributed by atoms with Crippen molar-refractivity contribution in [1.29, 1.82) is 0 Å². The largest absolute Gasteiger partial charge is 0.493 e. The van der Waals surface area contributed by atoms with Crippen LogP contribution < -0.4 is 34.3 Å². The van der Waals surface area contributed by atoms with Gasteiger partial charge in [-0.25, -0.2) is 4.99 Å². The van der Waals surface area contributed by atoms with Crippen LogP contribution in [0, 0.1) is 5.92 Å². The highest BCUT2D eigenvalue weighted by molar-refractivity contribution is 14.0. The first-order valence-electron chi connectivity index (χ1n) is 10.9. The number of ether oxygens (including phenoxy) is 5. The lowest BCUT2D eigenvalue weighted by molar-refractivity contribution is 0.297. The van der Waals surface area contributed by atoms with Crippen molar-refractivity contribution in [2.45, 2.75) is 32.4 Å². The van der Waals surface area contributed by atoms with Crippen LogP contribution in [0.15, 0.2) is 35.3 Å². The second kappa shape index (κ2) is 11.5. The van der Waals surface area contributed by atoms with Crippen LogP contribution in [0.2, 0.25) is 0 Å². The normalized spacial score (nSPS) is 19.0. The predicted molar refractivity (Wildman–Crippen MR) is 139 cm³/mol. The highest BCUT2D eigenvalue weighted by Gasteiger charge is 2.33. The zero-order valence-electron chi connectivity index (χ0n) is 19.5. The highest BCUT2D eigenvalue weighted by Crippen LogP contribution is 2.38. The van der Waals surface area contributed by atoms with Crippen molar-refractivity contribution in [3.63, 3.8) is 0 Å². The standard InChI is InChI=1S/C24H31N3O5.HI/c1-15-10-18(15)27-24(26-17-6-7-19-20(13-17)32-9-5-8-31-19)25-14-16-11-21(28-2)23(30-4)22(12-16)29-3;/h6-7,11-13,15,18H,5,8-10,14H2,1-4H3,(H2,25,26,27);1H. The van der Waals surface area contributed by atoms with Crippen molar-refractivity contribution < 1.29 is 23.7 Å². The van der Waals surface area contributed by atoms with Gasteiger partial charge in [-0.05, 0) is 42.2 Å². The maximum atomic E-state index is 5.82. The first-order chi connectivity index (χ1) is 15.6. The van der Waals surface area contributed by atoms with Crippen LogP contribution in [0.5, 0.6) is 28.7 Å². The van der Waals surface area contributed by atoms with E-state index in [2.05, 4.69) is 17.6 Å². The number of anilines is 1. The van der Waals surface area contributed by atoms with Crippen LogP contribution in [0.4, 0.5) is 5.69 Å². The molecule has 0 aromatic heterocycles. The molecule has 1 heterocycles. The summed E-state index contributed by atoms with van der Waals surface area (Å²) < 4.78 is 27.9. The van der Waals surface area contributed by atoms with E-state index in [1.165, 1.54) is 0 Å². The summed E-state index contributed by atoms with van der Waals surface area (Å²) in [5, 5.41) is 6.92. The summed E-state index contributed by atoms with van der Waals surface area (Å²) in [6, 6.07) is 10.1. The zero-order valence-corrected chi connectivity index (χ0v) is 21.8. The molecule has 1 aliphatic heterocycles. The van der Waals surface area contributed by atoms with Crippen LogP contribution in [0.3, 0.4) is 0 Å². The van der Waals surface area contributed by atoms with Crippen molar-refractivity contribution in [2.24, 2.45) is 10.9 Å². The Balaban J connectivity index is 0.00000306. The van der Waals surface area contributed by atoms with Crippen molar-refractivity contribution in [3.8, 4) is 28.7 Å². The number of nitrogens with zero attached hydrogens (tertiary/aromatic N) is 1. The van der Waals surface area contributed by atoms with Crippen LogP contribution in [0.25, 0.3) is 0 Å². The van der Waals surface area contributed by atoms with Gasteiger partial charge in [0.2, 0.25) is 5.75 Å². The number of fused-ring (bicyclic) bond motifs is 1. The smallest absolute Gasteiger partial charge is 0.203 e. The number of methoxy groups -OCH3 is 3. The summed E-state index contributed by atoms with van der Waals surface area (Å²) in [4.78, 5) is 4.81. The van der Waals surface area contributed by atoms with Gasteiger partial charge in [-0.2, -0.15) is 0 Å². The molecule has 0 amide bonds. The summed E-state index contributed by atoms with van der Waals surface area (Å²) >= 11 is 0. The quantitative estimate of drug-likeness (QED) is 0.290. The van der Waals surface area contributed by atoms with Gasteiger partial charge in [0.25, 0.3) is 0 Å². The van der Waals surface area contributed by atoms with Crippen LogP contribution in [-0.2, 0) is 6.54 Å². The third kappa shape index (κ3) is 6.27. The highest BCUT2D eigenvalue weighted by atomic mass is 127. The number of aliphatic imine (C=N–C) groups is 1. The minimum absolute atomic E-state index is 0. The lowest BCUT2D eigenvalue weighted by Crippen LogP contribution is -2.33. The van der Waals surface area contributed by atoms with Gasteiger partial charge in [0, 0.05) is 24.2 Å². The molecule has 0 spiro atoms. The fourth-order valence-electron chi connectivity index (χ4n) is 3.59. The molecule has 0 radical (unpaired) electrons. The molecule has 2 N–H and O–H groups in total. The molecule has 4 rings (SSSR count). The molecule has 1 aliphatic carbocycles. The van der Waals surface area contributed by atoms with Gasteiger partial charge in [0.05, 0.1) is 41.1 Å². The Morgan fingerprint density at radius 3 is 2.27 bits per heavy atom. The molecule has 8 nitrogen and oxygen atoms in total. The number of guanidine groups is 1. The SMILES string of the molecule is COc1cc(CN=C(Nc2ccc3c(c2)OCCCO3)NC2CC2C)cc(OC)c1OC.I. The maximum absolute atomic E-state index is 5.82. The van der Waals surface area contributed by atoms with E-state index in [4.69, 9.17) is 28.7 Å². The molecule has 0 saturated heterocycles. The molecule has 2 aliphatic rings. The van der Waals surface area contributed by atoms with E-state index in [-0.39, 0.29) is 24.0 Å². The number of hydrogen-bond donors (Lipinski definition) is 2. The summed E-state index contributed by atoms with van der Waals surface area (Å²) in [7, 11) is 4.81. The monoisotopic (exact) mass is 569 g/mol. The molecule has 0 bridgehead atoms. The van der Waals surface area contributed by atoms with E-state index in [1.54, 1.807) is 21.3 Å². The van der Waals surface area contributed by atoms with Gasteiger partial charge < -0.3 is 34.3 Å². The van der Waals surface area contributed by atoms with E-state index in [9.17, 15) is 0 Å². The van der Waals surface area contributed by atoms with Gasteiger partial charge in [-0.3, -0.25) is 0 Å². The summed E-state index contributed by atoms with van der Waals surface area (Å²) in [6.07, 6.45) is 2.01. The fraction of sp³-hybridized carbons (Fsp3) is 0.458. The van der Waals surface area contributed by atoms with E-state index in [0.29, 0.717) is 54.9 Å². The van der Waals surface area contributed by atoms with Gasteiger partial charge in [-0.1, -0.05) is 6.92 Å². The number of rotatable bonds is 7. The van der Waals surface area contributed by atoms with Gasteiger partial charge >= 0.3 is 0 Å². The number of benzene rings is 2. The maximum Gasteiger partial charge on any atom is 0.203 e. The molecule has 2 unspecified atom stereocenters. The summed E-state index contributed by atoms with van der Waals surface area (Å²) in [5.41, 5.74) is 1.84. The lowest BCUT2D eigenvalue weighted by atomic mass is 10.2. The lowest BCUT2D eigenvalue weighted by Gasteiger charge is -2.16. The Morgan fingerprint density at radius 1 is 1.00 bits per heavy atom. The third-order valence-corrected chi connectivity index (χ3v) is 5.59. The second-order valence-corrected chi connectivity index (χ2v) is 8.00. The Kier molecular flexibility index (Phi) is 8.76. The summed E-state index contributed by atoms with van der Waals surface area (Å²) in [5.74, 6) is 4.65. The third-order valence-electron chi connectivity index (χ3n) is 5.59. The number of hydrogen-bond acceptors (Lipinski definition) is 6. The van der Waals surface area contributed by atoms with Gasteiger partial charge in [-0.15, -0.1) is 24.0 Å². The van der Waals surface area contributed by atoms with Crippen LogP contribution >= 0.6 is 24.0 Å². The average molecular weight is 569 g/mol. The van der Waals surface area contributed by atoms with Crippen LogP contribution in [0.1, 0.15) is 25.3 Å². The van der Waals surface area contributed by atoms with Crippen molar-refractivity contribution >= 4 is 35.6 Å². The number of nitrogens with one attached hydrogen (secondary N) is 2. The Morgan fingerprint density at radius 2 is 1.67 bits per heavy atom. The van der Waals surface area contributed by atoms with E-state index < -0.39 is 0 Å². The Bertz CT molecular complexity index is 960. The molecule has 2 atom stereocenters. The van der Waals surface area contributed by atoms with Crippen molar-refractivity contribution in [2.75, 3.05) is 39.9 Å². The molecule has 9 heteroatoms. The summed E-state index contributed by atoms with van der Waals surface area (Å²) in [6.45, 7) is 3.98. The molecular formula is C24H32IN3O5. The molecule has 1 fully saturated rings. The minimum atomic E-state index is 0. The average Bonchev–Trinajstić information content (AvgIpc) is 3.56. The van der Waals surface area contributed by atoms with Crippen LogP contribution in [-0.4, -0.2) is 46.5 Å². The Labute approximate surface area is 212 Å². The van der Waals surface area contributed by atoms with Crippen molar-refractivity contribution in [1.82, 2.24) is 5.32 Å². The molecular weight excluding hydrogens is 537 g/mol. The first kappa shape index (κ1) is 25.1. The topological polar surface area (TPSA) is 82.6 Å². The Hall–Kier alpha value is -2.56. The predicted octanol–water partition coefficient (Wildman–Crippen LogP) is 4.46. The number of halogens is 1. The molecule has 1 saturated carbocycles. The van der Waals surface area contributed by atoms with E-state index in [1.807, 2.05) is 30.3 Å². The second-order valence-electron chi connectivity index (χ2n) is 8.00. The van der Waals surface area contributed by atoms with E-state index in [0.717, 1.165) is 35.6 Å². The molecule has 180 valence electrons. The van der Waals surface area contributed by atoms with Gasteiger partial charge in [0.15, 0.2) is 29.0 Å². The fourth-order valence-corrected chi connectivity index (χ4v) is 3.59. The minimum Gasteiger partial charge on any atom is -0.493 e. The van der Waals surface area contributed by atoms with Crippen molar-refractivity contribution in [3.05, 3.63) is 35.9 Å². The first-order valence-corrected chi connectivity index (χ1v) is 10.9. The molecule has 2 aromatic carbocycles. The molecule has 2 aromatic rings. The molecule has 33 heavy (non-hydrogen) atoms. The zero-order chi connectivity index (χ0) is 22.5.